The predicted molar refractivity (Wildman–Crippen MR) is 75.2 cm³/mol. The number of methoxy groups -OCH3 is 1. The van der Waals surface area contributed by atoms with Crippen LogP contribution in [0, 0.1) is 11.8 Å². The molecule has 5 heteroatoms. The van der Waals surface area contributed by atoms with E-state index >= 15 is 0 Å². The molecule has 0 spiro atoms. The van der Waals surface area contributed by atoms with E-state index in [1.807, 2.05) is 0 Å². The third-order valence-corrected chi connectivity index (χ3v) is 3.99. The van der Waals surface area contributed by atoms with E-state index < -0.39 is 0 Å². The summed E-state index contributed by atoms with van der Waals surface area (Å²) in [6, 6.07) is 0.493. The van der Waals surface area contributed by atoms with Gasteiger partial charge in [0.25, 0.3) is 0 Å². The van der Waals surface area contributed by atoms with Crippen molar-refractivity contribution in [2.45, 2.75) is 45.6 Å². The molecule has 1 saturated carbocycles. The molecule has 0 aromatic carbocycles. The highest BCUT2D eigenvalue weighted by Crippen LogP contribution is 2.33. The van der Waals surface area contributed by atoms with Crippen molar-refractivity contribution in [1.82, 2.24) is 10.7 Å². The van der Waals surface area contributed by atoms with Gasteiger partial charge < -0.3 is 10.1 Å². The minimum Gasteiger partial charge on any atom is -0.385 e. The van der Waals surface area contributed by atoms with Crippen LogP contribution in [0.15, 0.2) is 4.99 Å². The lowest BCUT2D eigenvalue weighted by molar-refractivity contribution is 0.197. The largest absolute Gasteiger partial charge is 0.385 e. The number of guanidine groups is 1. The zero-order chi connectivity index (χ0) is 13.4. The van der Waals surface area contributed by atoms with Crippen molar-refractivity contribution in [2.75, 3.05) is 20.3 Å². The molecule has 0 radical (unpaired) electrons. The number of nitrogens with zero attached hydrogens (tertiary/aromatic N) is 1. The monoisotopic (exact) mass is 256 g/mol. The van der Waals surface area contributed by atoms with Crippen molar-refractivity contribution in [3.63, 3.8) is 0 Å². The SMILES string of the molecule is CCC1CCC(NC(=NCCCOC)NN)C1C. The lowest BCUT2D eigenvalue weighted by atomic mass is 9.93. The molecule has 5 nitrogen and oxygen atoms in total. The normalized spacial score (nSPS) is 28.4. The smallest absolute Gasteiger partial charge is 0.205 e. The first-order valence-corrected chi connectivity index (χ1v) is 6.99. The maximum atomic E-state index is 5.50. The molecule has 18 heavy (non-hydrogen) atoms. The van der Waals surface area contributed by atoms with Crippen LogP contribution in [0.25, 0.3) is 0 Å². The molecule has 3 unspecified atom stereocenters. The summed E-state index contributed by atoms with van der Waals surface area (Å²) in [5.41, 5.74) is 2.66. The molecule has 0 heterocycles. The van der Waals surface area contributed by atoms with Crippen molar-refractivity contribution in [1.29, 1.82) is 0 Å². The summed E-state index contributed by atoms with van der Waals surface area (Å²) in [5, 5.41) is 3.43. The van der Waals surface area contributed by atoms with E-state index in [0.29, 0.717) is 17.9 Å². The lowest BCUT2D eigenvalue weighted by Gasteiger charge is -2.22. The number of ether oxygens (including phenoxy) is 1. The Labute approximate surface area is 111 Å². The second-order valence-corrected chi connectivity index (χ2v) is 5.08. The highest BCUT2D eigenvalue weighted by Gasteiger charge is 2.31. The number of nitrogens with two attached hydrogens (primary N) is 1. The number of aliphatic imine (C=N–C) groups is 1. The van der Waals surface area contributed by atoms with Gasteiger partial charge in [0.2, 0.25) is 5.96 Å². The van der Waals surface area contributed by atoms with Gasteiger partial charge in [0.1, 0.15) is 0 Å². The summed E-state index contributed by atoms with van der Waals surface area (Å²) in [6.07, 6.45) is 4.69. The zero-order valence-electron chi connectivity index (χ0n) is 11.9. The summed E-state index contributed by atoms with van der Waals surface area (Å²) in [6.45, 7) is 6.06. The van der Waals surface area contributed by atoms with E-state index in [4.69, 9.17) is 10.6 Å². The van der Waals surface area contributed by atoms with Crippen LogP contribution in [0.4, 0.5) is 0 Å². The second kappa shape index (κ2) is 8.32. The minimum absolute atomic E-state index is 0.493. The Morgan fingerprint density at radius 1 is 1.44 bits per heavy atom. The fourth-order valence-corrected chi connectivity index (χ4v) is 2.74. The van der Waals surface area contributed by atoms with Gasteiger partial charge >= 0.3 is 0 Å². The molecule has 0 bridgehead atoms. The van der Waals surface area contributed by atoms with Gasteiger partial charge in [0, 0.05) is 26.3 Å². The molecule has 3 atom stereocenters. The Balaban J connectivity index is 2.38. The topological polar surface area (TPSA) is 71.7 Å². The van der Waals surface area contributed by atoms with Crippen molar-refractivity contribution in [2.24, 2.45) is 22.7 Å². The first kappa shape index (κ1) is 15.2. The van der Waals surface area contributed by atoms with E-state index in [9.17, 15) is 0 Å². The maximum Gasteiger partial charge on any atom is 0.205 e. The first-order valence-electron chi connectivity index (χ1n) is 6.99. The molecule has 0 aromatic heterocycles. The van der Waals surface area contributed by atoms with Crippen LogP contribution < -0.4 is 16.6 Å². The molecule has 0 saturated heterocycles. The molecule has 1 fully saturated rings. The van der Waals surface area contributed by atoms with Crippen molar-refractivity contribution in [3.8, 4) is 0 Å². The fraction of sp³-hybridized carbons (Fsp3) is 0.923. The Morgan fingerprint density at radius 2 is 2.22 bits per heavy atom. The quantitative estimate of drug-likeness (QED) is 0.220. The van der Waals surface area contributed by atoms with Gasteiger partial charge in [-0.3, -0.25) is 10.4 Å². The Morgan fingerprint density at radius 3 is 2.78 bits per heavy atom. The maximum absolute atomic E-state index is 5.50. The summed E-state index contributed by atoms with van der Waals surface area (Å²) >= 11 is 0. The molecule has 0 amide bonds. The predicted octanol–water partition coefficient (Wildman–Crippen LogP) is 1.26. The van der Waals surface area contributed by atoms with Crippen molar-refractivity contribution >= 4 is 5.96 Å². The van der Waals surface area contributed by atoms with Crippen LogP contribution in [-0.4, -0.2) is 32.3 Å². The van der Waals surface area contributed by atoms with Crippen LogP contribution in [0.2, 0.25) is 0 Å². The molecule has 0 aromatic rings. The molecular weight excluding hydrogens is 228 g/mol. The summed E-state index contributed by atoms with van der Waals surface area (Å²) < 4.78 is 5.00. The highest BCUT2D eigenvalue weighted by atomic mass is 16.5. The van der Waals surface area contributed by atoms with Gasteiger partial charge in [-0.25, -0.2) is 5.84 Å². The Bertz CT molecular complexity index is 257. The average Bonchev–Trinajstić information content (AvgIpc) is 2.74. The van der Waals surface area contributed by atoms with Gasteiger partial charge in [-0.2, -0.15) is 0 Å². The molecule has 1 aliphatic carbocycles. The minimum atomic E-state index is 0.493. The molecule has 1 aliphatic rings. The molecule has 1 rings (SSSR count). The first-order chi connectivity index (χ1) is 8.72. The average molecular weight is 256 g/mol. The molecule has 4 N–H and O–H groups in total. The van der Waals surface area contributed by atoms with E-state index in [0.717, 1.165) is 25.5 Å². The zero-order valence-corrected chi connectivity index (χ0v) is 11.9. The van der Waals surface area contributed by atoms with E-state index in [1.165, 1.54) is 19.3 Å². The summed E-state index contributed by atoms with van der Waals surface area (Å²) in [7, 11) is 1.70. The third-order valence-electron chi connectivity index (χ3n) is 3.99. The van der Waals surface area contributed by atoms with Gasteiger partial charge in [-0.1, -0.05) is 20.3 Å². The number of rotatable bonds is 6. The van der Waals surface area contributed by atoms with Gasteiger partial charge in [-0.05, 0) is 31.1 Å². The second-order valence-electron chi connectivity index (χ2n) is 5.08. The van der Waals surface area contributed by atoms with Crippen molar-refractivity contribution < 1.29 is 4.74 Å². The van der Waals surface area contributed by atoms with Crippen molar-refractivity contribution in [3.05, 3.63) is 0 Å². The molecule has 106 valence electrons. The summed E-state index contributed by atoms with van der Waals surface area (Å²) in [4.78, 5) is 4.42. The molecule has 0 aliphatic heterocycles. The fourth-order valence-electron chi connectivity index (χ4n) is 2.74. The third kappa shape index (κ3) is 4.46. The standard InChI is InChI=1S/C13H28N4O/c1-4-11-6-7-12(10(11)2)16-13(17-14)15-8-5-9-18-3/h10-12H,4-9,14H2,1-3H3,(H2,15,16,17). The van der Waals surface area contributed by atoms with Crippen LogP contribution in [0.3, 0.4) is 0 Å². The highest BCUT2D eigenvalue weighted by molar-refractivity contribution is 5.79. The van der Waals surface area contributed by atoms with Gasteiger partial charge in [0.15, 0.2) is 0 Å². The van der Waals surface area contributed by atoms with Gasteiger partial charge in [-0.15, -0.1) is 0 Å². The van der Waals surface area contributed by atoms with E-state index in [-0.39, 0.29) is 0 Å². The number of hydrogen-bond donors (Lipinski definition) is 3. The van der Waals surface area contributed by atoms with E-state index in [2.05, 4.69) is 29.6 Å². The van der Waals surface area contributed by atoms with E-state index in [1.54, 1.807) is 7.11 Å². The van der Waals surface area contributed by atoms with Crippen LogP contribution in [-0.2, 0) is 4.74 Å². The van der Waals surface area contributed by atoms with Crippen LogP contribution >= 0.6 is 0 Å². The number of hydrazine groups is 1. The number of nitrogens with one attached hydrogen (secondary N) is 2. The van der Waals surface area contributed by atoms with Crippen LogP contribution in [0.5, 0.6) is 0 Å². The molecular formula is C13H28N4O. The lowest BCUT2D eigenvalue weighted by Crippen LogP contribution is -2.47. The Hall–Kier alpha value is -0.810. The number of hydrogen-bond acceptors (Lipinski definition) is 3. The Kier molecular flexibility index (Phi) is 7.05. The summed E-state index contributed by atoms with van der Waals surface area (Å²) in [5.74, 6) is 7.73. The van der Waals surface area contributed by atoms with Crippen LogP contribution in [0.1, 0.15) is 39.5 Å². The van der Waals surface area contributed by atoms with Gasteiger partial charge in [0.05, 0.1) is 0 Å².